The van der Waals surface area contributed by atoms with Gasteiger partial charge >= 0.3 is 5.97 Å². The monoisotopic (exact) mass is 315 g/mol. The predicted octanol–water partition coefficient (Wildman–Crippen LogP) is 4.39. The van der Waals surface area contributed by atoms with Gasteiger partial charge in [-0.1, -0.05) is 29.3 Å². The van der Waals surface area contributed by atoms with Crippen LogP contribution in [0, 0.1) is 0 Å². The summed E-state index contributed by atoms with van der Waals surface area (Å²) in [6.45, 7) is 0.581. The molecule has 3 nitrogen and oxygen atoms in total. The van der Waals surface area contributed by atoms with Crippen LogP contribution in [0.25, 0.3) is 0 Å². The number of benzene rings is 1. The van der Waals surface area contributed by atoms with Crippen molar-refractivity contribution in [2.45, 2.75) is 6.54 Å². The Balaban J connectivity index is 2.31. The number of rotatable bonds is 4. The summed E-state index contributed by atoms with van der Waals surface area (Å²) in [5.41, 5.74) is 0.707. The Labute approximate surface area is 125 Å². The van der Waals surface area contributed by atoms with Crippen LogP contribution in [0.2, 0.25) is 9.36 Å². The van der Waals surface area contributed by atoms with E-state index in [0.717, 1.165) is 4.88 Å². The lowest BCUT2D eigenvalue weighted by Gasteiger charge is -2.21. The zero-order chi connectivity index (χ0) is 14.0. The minimum atomic E-state index is -1.03. The van der Waals surface area contributed by atoms with E-state index in [9.17, 15) is 9.90 Å². The third kappa shape index (κ3) is 3.21. The van der Waals surface area contributed by atoms with Crippen LogP contribution in [0.3, 0.4) is 0 Å². The zero-order valence-electron chi connectivity index (χ0n) is 10.1. The quantitative estimate of drug-likeness (QED) is 0.909. The number of anilines is 1. The highest BCUT2D eigenvalue weighted by Crippen LogP contribution is 2.29. The van der Waals surface area contributed by atoms with Gasteiger partial charge in [0.05, 0.1) is 21.6 Å². The summed E-state index contributed by atoms with van der Waals surface area (Å²) in [6, 6.07) is 8.80. The molecule has 0 atom stereocenters. The first-order valence-electron chi connectivity index (χ1n) is 5.46. The van der Waals surface area contributed by atoms with Gasteiger partial charge in [-0.25, -0.2) is 4.79 Å². The molecule has 1 aromatic heterocycles. The van der Waals surface area contributed by atoms with Crippen LogP contribution < -0.4 is 4.90 Å². The Morgan fingerprint density at radius 1 is 1.32 bits per heavy atom. The molecule has 2 rings (SSSR count). The van der Waals surface area contributed by atoms with Crippen molar-refractivity contribution in [3.63, 3.8) is 0 Å². The first-order chi connectivity index (χ1) is 8.99. The molecule has 1 aromatic carbocycles. The van der Waals surface area contributed by atoms with Crippen molar-refractivity contribution >= 4 is 46.2 Å². The Bertz CT molecular complexity index is 612. The largest absolute Gasteiger partial charge is 0.478 e. The predicted molar refractivity (Wildman–Crippen MR) is 79.8 cm³/mol. The van der Waals surface area contributed by atoms with Crippen LogP contribution in [-0.4, -0.2) is 18.1 Å². The molecule has 6 heteroatoms. The Kier molecular flexibility index (Phi) is 4.34. The molecule has 100 valence electrons. The fourth-order valence-corrected chi connectivity index (χ4v) is 3.19. The summed E-state index contributed by atoms with van der Waals surface area (Å²) in [4.78, 5) is 14.2. The van der Waals surface area contributed by atoms with Crippen molar-refractivity contribution in [1.82, 2.24) is 0 Å². The lowest BCUT2D eigenvalue weighted by atomic mass is 10.1. The van der Waals surface area contributed by atoms with Gasteiger partial charge in [0.15, 0.2) is 0 Å². The van der Waals surface area contributed by atoms with Gasteiger partial charge < -0.3 is 10.0 Å². The molecule has 0 saturated heterocycles. The molecule has 0 aliphatic heterocycles. The first kappa shape index (κ1) is 14.2. The maximum absolute atomic E-state index is 11.3. The van der Waals surface area contributed by atoms with Crippen molar-refractivity contribution in [3.05, 3.63) is 50.1 Å². The van der Waals surface area contributed by atoms with E-state index in [2.05, 4.69) is 0 Å². The highest BCUT2D eigenvalue weighted by atomic mass is 35.5. The topological polar surface area (TPSA) is 40.5 Å². The second-order valence-electron chi connectivity index (χ2n) is 4.00. The maximum atomic E-state index is 11.3. The molecule has 0 radical (unpaired) electrons. The third-order valence-corrected chi connectivity index (χ3v) is 4.17. The van der Waals surface area contributed by atoms with E-state index in [1.165, 1.54) is 11.3 Å². The Morgan fingerprint density at radius 2 is 2.05 bits per heavy atom. The van der Waals surface area contributed by atoms with Gasteiger partial charge in [-0.15, -0.1) is 11.3 Å². The summed E-state index contributed by atoms with van der Waals surface area (Å²) >= 11 is 13.3. The molecule has 0 amide bonds. The highest BCUT2D eigenvalue weighted by Gasteiger charge is 2.17. The molecule has 0 aliphatic rings. The van der Waals surface area contributed by atoms with E-state index in [1.54, 1.807) is 18.2 Å². The van der Waals surface area contributed by atoms with E-state index in [1.807, 2.05) is 24.1 Å². The minimum Gasteiger partial charge on any atom is -0.478 e. The van der Waals surface area contributed by atoms with Crippen LogP contribution in [0.5, 0.6) is 0 Å². The molecular formula is C13H11Cl2NO2S. The summed E-state index contributed by atoms with van der Waals surface area (Å²) in [7, 11) is 1.83. The number of hydrogen-bond donors (Lipinski definition) is 1. The number of halogens is 2. The number of carboxylic acid groups (broad SMARTS) is 1. The van der Waals surface area contributed by atoms with Gasteiger partial charge in [0, 0.05) is 11.9 Å². The molecule has 0 unspecified atom stereocenters. The molecule has 0 aliphatic carbocycles. The third-order valence-electron chi connectivity index (χ3n) is 2.64. The van der Waals surface area contributed by atoms with Crippen molar-refractivity contribution in [2.24, 2.45) is 0 Å². The lowest BCUT2D eigenvalue weighted by Crippen LogP contribution is -2.19. The average Bonchev–Trinajstić information content (AvgIpc) is 2.73. The van der Waals surface area contributed by atoms with Gasteiger partial charge in [0.1, 0.15) is 5.56 Å². The summed E-state index contributed by atoms with van der Waals surface area (Å²) in [5, 5.41) is 9.47. The molecule has 19 heavy (non-hydrogen) atoms. The van der Waals surface area contributed by atoms with Crippen LogP contribution in [-0.2, 0) is 6.54 Å². The van der Waals surface area contributed by atoms with Crippen molar-refractivity contribution in [3.8, 4) is 0 Å². The van der Waals surface area contributed by atoms with Gasteiger partial charge in [0.25, 0.3) is 0 Å². The van der Waals surface area contributed by atoms with Crippen LogP contribution in [0.15, 0.2) is 30.3 Å². The summed E-state index contributed by atoms with van der Waals surface area (Å²) < 4.78 is 0.716. The average molecular weight is 316 g/mol. The number of carbonyl (C=O) groups is 1. The van der Waals surface area contributed by atoms with Gasteiger partial charge in [-0.3, -0.25) is 0 Å². The van der Waals surface area contributed by atoms with Crippen molar-refractivity contribution < 1.29 is 9.90 Å². The fraction of sp³-hybridized carbons (Fsp3) is 0.154. The second-order valence-corrected chi connectivity index (χ2v) is 6.21. The number of carboxylic acids is 1. The SMILES string of the molecule is CN(Cc1ccc(Cl)s1)c1cccc(Cl)c1C(=O)O. The highest BCUT2D eigenvalue weighted by molar-refractivity contribution is 7.16. The van der Waals surface area contributed by atoms with E-state index in [4.69, 9.17) is 23.2 Å². The molecule has 0 bridgehead atoms. The smallest absolute Gasteiger partial charge is 0.339 e. The molecule has 1 heterocycles. The molecular weight excluding hydrogens is 305 g/mol. The lowest BCUT2D eigenvalue weighted by molar-refractivity contribution is 0.0697. The summed E-state index contributed by atoms with van der Waals surface area (Å²) in [5.74, 6) is -1.03. The van der Waals surface area contributed by atoms with E-state index < -0.39 is 5.97 Å². The van der Waals surface area contributed by atoms with Crippen LogP contribution in [0.4, 0.5) is 5.69 Å². The van der Waals surface area contributed by atoms with Gasteiger partial charge in [-0.05, 0) is 24.3 Å². The van der Waals surface area contributed by atoms with Crippen molar-refractivity contribution in [1.29, 1.82) is 0 Å². The molecule has 2 aromatic rings. The number of hydrogen-bond acceptors (Lipinski definition) is 3. The second kappa shape index (κ2) is 5.82. The molecule has 1 N–H and O–H groups in total. The Morgan fingerprint density at radius 3 is 2.63 bits per heavy atom. The molecule has 0 spiro atoms. The van der Waals surface area contributed by atoms with E-state index in [-0.39, 0.29) is 10.6 Å². The number of nitrogens with zero attached hydrogens (tertiary/aromatic N) is 1. The molecule has 0 saturated carbocycles. The van der Waals surface area contributed by atoms with Crippen LogP contribution in [0.1, 0.15) is 15.2 Å². The number of thiophene rings is 1. The normalized spacial score (nSPS) is 10.5. The van der Waals surface area contributed by atoms with E-state index >= 15 is 0 Å². The molecule has 0 fully saturated rings. The Hall–Kier alpha value is -1.23. The van der Waals surface area contributed by atoms with E-state index in [0.29, 0.717) is 16.6 Å². The maximum Gasteiger partial charge on any atom is 0.339 e. The minimum absolute atomic E-state index is 0.120. The fourth-order valence-electron chi connectivity index (χ4n) is 1.80. The van der Waals surface area contributed by atoms with Gasteiger partial charge in [0.2, 0.25) is 0 Å². The van der Waals surface area contributed by atoms with Gasteiger partial charge in [-0.2, -0.15) is 0 Å². The standard InChI is InChI=1S/C13H11Cl2NO2S/c1-16(7-8-5-6-11(15)19-8)10-4-2-3-9(14)12(10)13(17)18/h2-6H,7H2,1H3,(H,17,18). The van der Waals surface area contributed by atoms with Crippen molar-refractivity contribution in [2.75, 3.05) is 11.9 Å². The summed E-state index contributed by atoms with van der Waals surface area (Å²) in [6.07, 6.45) is 0. The number of aromatic carboxylic acids is 1. The zero-order valence-corrected chi connectivity index (χ0v) is 12.4. The first-order valence-corrected chi connectivity index (χ1v) is 7.03. The van der Waals surface area contributed by atoms with Crippen LogP contribution >= 0.6 is 34.5 Å².